The van der Waals surface area contributed by atoms with Crippen LogP contribution in [0.25, 0.3) is 0 Å². The lowest BCUT2D eigenvalue weighted by Crippen LogP contribution is -2.15. The second kappa shape index (κ2) is 5.70. The molecule has 0 saturated carbocycles. The molecule has 0 aliphatic carbocycles. The Morgan fingerprint density at radius 3 is 2.31 bits per heavy atom. The van der Waals surface area contributed by atoms with Gasteiger partial charge in [0.15, 0.2) is 0 Å². The average molecular weight is 278 g/mol. The molecule has 0 saturated heterocycles. The standard InChI is InChI=1S/C9H8ClF4N.ClH/c10-8-5(7(15)4-11)2-1-3-6(8)9(12,13)14;/h1-3,7H,4,15H2;1H/t7-;/m0./s1. The molecule has 0 spiro atoms. The van der Waals surface area contributed by atoms with Gasteiger partial charge in [-0.3, -0.25) is 0 Å². The molecule has 0 radical (unpaired) electrons. The van der Waals surface area contributed by atoms with Crippen LogP contribution < -0.4 is 5.73 Å². The third-order valence-corrected chi connectivity index (χ3v) is 2.32. The van der Waals surface area contributed by atoms with Crippen molar-refractivity contribution < 1.29 is 17.6 Å². The molecule has 92 valence electrons. The summed E-state index contributed by atoms with van der Waals surface area (Å²) < 4.78 is 49.3. The fraction of sp³-hybridized carbons (Fsp3) is 0.333. The summed E-state index contributed by atoms with van der Waals surface area (Å²) in [6, 6.07) is 2.14. The summed E-state index contributed by atoms with van der Waals surface area (Å²) >= 11 is 5.50. The number of rotatable bonds is 2. The molecule has 1 aromatic rings. The largest absolute Gasteiger partial charge is 0.417 e. The van der Waals surface area contributed by atoms with E-state index in [9.17, 15) is 17.6 Å². The van der Waals surface area contributed by atoms with Gasteiger partial charge >= 0.3 is 6.18 Å². The topological polar surface area (TPSA) is 26.0 Å². The van der Waals surface area contributed by atoms with Gasteiger partial charge in [0.1, 0.15) is 6.67 Å². The first kappa shape index (κ1) is 15.5. The molecule has 1 nitrogen and oxygen atoms in total. The Kier molecular flexibility index (Phi) is 5.52. The maximum Gasteiger partial charge on any atom is 0.417 e. The molecule has 2 N–H and O–H groups in total. The second-order valence-corrected chi connectivity index (χ2v) is 3.35. The molecular weight excluding hydrogens is 269 g/mol. The molecule has 0 amide bonds. The van der Waals surface area contributed by atoms with Gasteiger partial charge in [-0.2, -0.15) is 13.2 Å². The monoisotopic (exact) mass is 277 g/mol. The minimum Gasteiger partial charge on any atom is -0.322 e. The summed E-state index contributed by atoms with van der Waals surface area (Å²) in [5, 5.41) is -0.532. The van der Waals surface area contributed by atoms with Crippen molar-refractivity contribution in [2.75, 3.05) is 6.67 Å². The van der Waals surface area contributed by atoms with Crippen molar-refractivity contribution in [1.82, 2.24) is 0 Å². The van der Waals surface area contributed by atoms with E-state index in [1.807, 2.05) is 0 Å². The lowest BCUT2D eigenvalue weighted by Gasteiger charge is -2.14. The van der Waals surface area contributed by atoms with E-state index in [0.717, 1.165) is 12.1 Å². The van der Waals surface area contributed by atoms with Gasteiger partial charge in [0, 0.05) is 0 Å². The molecule has 16 heavy (non-hydrogen) atoms. The molecule has 0 fully saturated rings. The van der Waals surface area contributed by atoms with Gasteiger partial charge in [-0.25, -0.2) is 4.39 Å². The van der Waals surface area contributed by atoms with E-state index >= 15 is 0 Å². The smallest absolute Gasteiger partial charge is 0.322 e. The van der Waals surface area contributed by atoms with Crippen molar-refractivity contribution in [3.63, 3.8) is 0 Å². The highest BCUT2D eigenvalue weighted by Gasteiger charge is 2.34. The second-order valence-electron chi connectivity index (χ2n) is 2.97. The third kappa shape index (κ3) is 3.23. The van der Waals surface area contributed by atoms with E-state index < -0.39 is 29.5 Å². The summed E-state index contributed by atoms with van der Waals surface area (Å²) in [7, 11) is 0. The summed E-state index contributed by atoms with van der Waals surface area (Å²) in [5.74, 6) is 0. The maximum atomic E-state index is 12.4. The lowest BCUT2D eigenvalue weighted by atomic mass is 10.0. The minimum absolute atomic E-state index is 0. The Morgan fingerprint density at radius 2 is 1.88 bits per heavy atom. The molecule has 0 aromatic heterocycles. The first-order chi connectivity index (χ1) is 6.88. The zero-order valence-corrected chi connectivity index (χ0v) is 9.46. The highest BCUT2D eigenvalue weighted by molar-refractivity contribution is 6.32. The Bertz CT molecular complexity index is 354. The molecular formula is C9H9Cl2F4N. The van der Waals surface area contributed by atoms with Crippen LogP contribution in [0.5, 0.6) is 0 Å². The Morgan fingerprint density at radius 1 is 1.31 bits per heavy atom. The van der Waals surface area contributed by atoms with Crippen molar-refractivity contribution in [2.24, 2.45) is 5.73 Å². The Balaban J connectivity index is 0.00000225. The third-order valence-electron chi connectivity index (χ3n) is 1.90. The molecule has 0 aliphatic rings. The molecule has 0 unspecified atom stereocenters. The van der Waals surface area contributed by atoms with Crippen LogP contribution in [0.4, 0.5) is 17.6 Å². The number of hydrogen-bond acceptors (Lipinski definition) is 1. The van der Waals surface area contributed by atoms with Crippen LogP contribution in [-0.4, -0.2) is 6.67 Å². The van der Waals surface area contributed by atoms with Crippen LogP contribution in [0.2, 0.25) is 5.02 Å². The molecule has 1 aromatic carbocycles. The number of alkyl halides is 4. The molecule has 0 bridgehead atoms. The number of halogens is 6. The summed E-state index contributed by atoms with van der Waals surface area (Å²) in [6.45, 7) is -0.957. The Hall–Kier alpha value is -0.520. The van der Waals surface area contributed by atoms with Gasteiger partial charge in [-0.1, -0.05) is 23.7 Å². The van der Waals surface area contributed by atoms with Gasteiger partial charge in [0.25, 0.3) is 0 Å². The first-order valence-corrected chi connectivity index (χ1v) is 4.43. The van der Waals surface area contributed by atoms with Crippen molar-refractivity contribution in [2.45, 2.75) is 12.2 Å². The average Bonchev–Trinajstić information content (AvgIpc) is 2.15. The maximum absolute atomic E-state index is 12.4. The predicted molar refractivity (Wildman–Crippen MR) is 56.6 cm³/mol. The molecule has 0 heterocycles. The van der Waals surface area contributed by atoms with E-state index in [1.54, 1.807) is 0 Å². The normalized spacial score (nSPS) is 13.1. The molecule has 1 rings (SSSR count). The predicted octanol–water partition coefficient (Wildman–Crippen LogP) is 3.75. The number of hydrogen-bond donors (Lipinski definition) is 1. The SMILES string of the molecule is Cl.N[C@@H](CF)c1cccc(C(F)(F)F)c1Cl. The van der Waals surface area contributed by atoms with Crippen molar-refractivity contribution in [3.8, 4) is 0 Å². The Labute approximate surface area is 101 Å². The fourth-order valence-electron chi connectivity index (χ4n) is 1.14. The van der Waals surface area contributed by atoms with Crippen LogP contribution in [0, 0.1) is 0 Å². The first-order valence-electron chi connectivity index (χ1n) is 4.05. The van der Waals surface area contributed by atoms with Gasteiger partial charge < -0.3 is 5.73 Å². The van der Waals surface area contributed by atoms with Crippen molar-refractivity contribution >= 4 is 24.0 Å². The molecule has 7 heteroatoms. The summed E-state index contributed by atoms with van der Waals surface area (Å²) in [6.07, 6.45) is -4.55. The van der Waals surface area contributed by atoms with Gasteiger partial charge in [0.05, 0.1) is 16.6 Å². The van der Waals surface area contributed by atoms with E-state index in [4.69, 9.17) is 17.3 Å². The van der Waals surface area contributed by atoms with Gasteiger partial charge in [-0.15, -0.1) is 12.4 Å². The van der Waals surface area contributed by atoms with E-state index in [2.05, 4.69) is 0 Å². The number of benzene rings is 1. The fourth-order valence-corrected chi connectivity index (χ4v) is 1.51. The van der Waals surface area contributed by atoms with Gasteiger partial charge in [0.2, 0.25) is 0 Å². The van der Waals surface area contributed by atoms with Crippen LogP contribution in [0.15, 0.2) is 18.2 Å². The molecule has 1 atom stereocenters. The number of nitrogens with two attached hydrogens (primary N) is 1. The lowest BCUT2D eigenvalue weighted by molar-refractivity contribution is -0.137. The van der Waals surface area contributed by atoms with Crippen molar-refractivity contribution in [3.05, 3.63) is 34.3 Å². The zero-order valence-electron chi connectivity index (χ0n) is 7.89. The van der Waals surface area contributed by atoms with Crippen LogP contribution in [0.1, 0.15) is 17.2 Å². The summed E-state index contributed by atoms with van der Waals surface area (Å²) in [4.78, 5) is 0. The van der Waals surface area contributed by atoms with Gasteiger partial charge in [-0.05, 0) is 11.6 Å². The van der Waals surface area contributed by atoms with Crippen LogP contribution >= 0.6 is 24.0 Å². The minimum atomic E-state index is -4.55. The molecule has 0 aliphatic heterocycles. The van der Waals surface area contributed by atoms with E-state index in [1.165, 1.54) is 6.07 Å². The van der Waals surface area contributed by atoms with E-state index in [0.29, 0.717) is 0 Å². The van der Waals surface area contributed by atoms with Crippen LogP contribution in [0.3, 0.4) is 0 Å². The van der Waals surface area contributed by atoms with Crippen LogP contribution in [-0.2, 0) is 6.18 Å². The quantitative estimate of drug-likeness (QED) is 0.819. The van der Waals surface area contributed by atoms with Crippen molar-refractivity contribution in [1.29, 1.82) is 0 Å². The zero-order chi connectivity index (χ0) is 11.6. The highest BCUT2D eigenvalue weighted by atomic mass is 35.5. The summed E-state index contributed by atoms with van der Waals surface area (Å²) in [5.41, 5.74) is 4.25. The van der Waals surface area contributed by atoms with E-state index in [-0.39, 0.29) is 18.0 Å². The highest BCUT2D eigenvalue weighted by Crippen LogP contribution is 2.37.